The molecule has 0 aliphatic heterocycles. The zero-order valence-corrected chi connectivity index (χ0v) is 22.2. The van der Waals surface area contributed by atoms with E-state index in [4.69, 9.17) is 4.74 Å². The first kappa shape index (κ1) is 23.1. The van der Waals surface area contributed by atoms with E-state index in [2.05, 4.69) is 76.2 Å². The summed E-state index contributed by atoms with van der Waals surface area (Å²) in [5.41, 5.74) is 8.18. The maximum Gasteiger partial charge on any atom is 0.338 e. The Morgan fingerprint density at radius 2 is 1.57 bits per heavy atom. The minimum atomic E-state index is -0.158. The number of rotatable bonds is 3. The third-order valence-corrected chi connectivity index (χ3v) is 10.7. The van der Waals surface area contributed by atoms with Gasteiger partial charge in [0.05, 0.1) is 12.7 Å². The van der Waals surface area contributed by atoms with Gasteiger partial charge in [-0.25, -0.2) is 4.79 Å². The van der Waals surface area contributed by atoms with Crippen LogP contribution in [0.5, 0.6) is 0 Å². The van der Waals surface area contributed by atoms with Crippen LogP contribution in [0.2, 0.25) is 0 Å². The van der Waals surface area contributed by atoms with Crippen molar-refractivity contribution in [1.29, 1.82) is 0 Å². The molecule has 0 spiro atoms. The van der Waals surface area contributed by atoms with Crippen molar-refractivity contribution in [2.24, 2.45) is 16.7 Å². The quantitative estimate of drug-likeness (QED) is 0.430. The monoisotopic (exact) mass is 468 g/mol. The molecule has 184 valence electrons. The fourth-order valence-electron chi connectivity index (χ4n) is 9.56. The van der Waals surface area contributed by atoms with Crippen LogP contribution < -0.4 is 0 Å². The lowest BCUT2D eigenvalue weighted by Gasteiger charge is -2.55. The van der Waals surface area contributed by atoms with Gasteiger partial charge < -0.3 is 4.74 Å². The Morgan fingerprint density at radius 3 is 2.34 bits per heavy atom. The van der Waals surface area contributed by atoms with Gasteiger partial charge in [-0.05, 0) is 83.1 Å². The van der Waals surface area contributed by atoms with Gasteiger partial charge in [0, 0.05) is 10.8 Å². The van der Waals surface area contributed by atoms with Crippen LogP contribution in [0.25, 0.3) is 5.57 Å². The lowest BCUT2D eigenvalue weighted by molar-refractivity contribution is -0.133. The van der Waals surface area contributed by atoms with Crippen molar-refractivity contribution in [3.05, 3.63) is 76.4 Å². The van der Waals surface area contributed by atoms with E-state index in [9.17, 15) is 4.79 Å². The second kappa shape index (κ2) is 7.58. The Kier molecular flexibility index (Phi) is 4.99. The van der Waals surface area contributed by atoms with Gasteiger partial charge in [0.2, 0.25) is 0 Å². The maximum absolute atomic E-state index is 13.4. The number of hydrogen-bond donors (Lipinski definition) is 0. The van der Waals surface area contributed by atoms with Crippen molar-refractivity contribution in [3.8, 4) is 0 Å². The van der Waals surface area contributed by atoms with Crippen molar-refractivity contribution in [3.63, 3.8) is 0 Å². The zero-order chi connectivity index (χ0) is 24.6. The summed E-state index contributed by atoms with van der Waals surface area (Å²) in [6, 6.07) is 17.9. The summed E-state index contributed by atoms with van der Waals surface area (Å²) in [6.45, 7) is 9.91. The Hall–Kier alpha value is -2.35. The van der Waals surface area contributed by atoms with E-state index >= 15 is 0 Å². The molecule has 2 heteroatoms. The predicted octanol–water partition coefficient (Wildman–Crippen LogP) is 7.79. The molecule has 0 N–H and O–H groups in total. The first-order chi connectivity index (χ1) is 16.7. The second-order valence-corrected chi connectivity index (χ2v) is 13.1. The van der Waals surface area contributed by atoms with Crippen molar-refractivity contribution in [2.75, 3.05) is 7.11 Å². The van der Waals surface area contributed by atoms with Gasteiger partial charge >= 0.3 is 5.97 Å². The Morgan fingerprint density at radius 1 is 0.886 bits per heavy atom. The van der Waals surface area contributed by atoms with Crippen LogP contribution in [-0.4, -0.2) is 13.1 Å². The minimum absolute atomic E-state index is 0.0430. The zero-order valence-electron chi connectivity index (χ0n) is 22.2. The van der Waals surface area contributed by atoms with Crippen LogP contribution in [0.3, 0.4) is 0 Å². The normalized spacial score (nSPS) is 34.6. The molecule has 4 aliphatic rings. The van der Waals surface area contributed by atoms with Gasteiger partial charge in [-0.1, -0.05) is 89.1 Å². The molecule has 2 unspecified atom stereocenters. The lowest BCUT2D eigenvalue weighted by atomic mass is 9.48. The van der Waals surface area contributed by atoms with Crippen LogP contribution in [-0.2, 0) is 26.8 Å². The van der Waals surface area contributed by atoms with Crippen LogP contribution in [0.1, 0.15) is 94.9 Å². The highest BCUT2D eigenvalue weighted by molar-refractivity contribution is 6.20. The SMILES string of the molecule is COC(=O)C1=C2[C@](C)(CC34CCCC(C)(C)C3Cc3ccccc34)CCC[C@@]2(C)c2ccccc21. The summed E-state index contributed by atoms with van der Waals surface area (Å²) >= 11 is 0. The van der Waals surface area contributed by atoms with E-state index in [-0.39, 0.29) is 22.2 Å². The number of hydrogen-bond acceptors (Lipinski definition) is 2. The summed E-state index contributed by atoms with van der Waals surface area (Å²) in [4.78, 5) is 13.4. The first-order valence-electron chi connectivity index (χ1n) is 13.7. The number of benzene rings is 2. The average Bonchev–Trinajstić information content (AvgIpc) is 3.31. The van der Waals surface area contributed by atoms with Gasteiger partial charge in [0.15, 0.2) is 0 Å². The van der Waals surface area contributed by atoms with Gasteiger partial charge in [-0.2, -0.15) is 0 Å². The molecule has 2 saturated carbocycles. The first-order valence-corrected chi connectivity index (χ1v) is 13.7. The standard InChI is InChI=1S/C33H40O2/c1-30(2)16-10-19-33(24-14-8-6-12-22(24)20-26(30)33)21-31(3)17-11-18-32(4)25-15-9-7-13-23(25)27(28(31)32)29(34)35-5/h6-9,12-15,26H,10-11,16-21H2,1-5H3/t26?,31-,32-,33?/m0/s1. The maximum atomic E-state index is 13.4. The number of carbonyl (C=O) groups is 1. The Labute approximate surface area is 211 Å². The Bertz CT molecular complexity index is 1240. The molecule has 6 rings (SSSR count). The molecule has 0 radical (unpaired) electrons. The lowest BCUT2D eigenvalue weighted by Crippen LogP contribution is -2.49. The fourth-order valence-corrected chi connectivity index (χ4v) is 9.56. The largest absolute Gasteiger partial charge is 0.465 e. The minimum Gasteiger partial charge on any atom is -0.465 e. The van der Waals surface area contributed by atoms with E-state index in [1.165, 1.54) is 43.2 Å². The molecule has 0 saturated heterocycles. The number of fused-ring (bicyclic) bond motifs is 6. The second-order valence-electron chi connectivity index (χ2n) is 13.1. The van der Waals surface area contributed by atoms with Gasteiger partial charge in [0.25, 0.3) is 0 Å². The van der Waals surface area contributed by atoms with Crippen LogP contribution in [0.4, 0.5) is 0 Å². The highest BCUT2D eigenvalue weighted by Gasteiger charge is 2.60. The molecule has 4 atom stereocenters. The van der Waals surface area contributed by atoms with Crippen molar-refractivity contribution < 1.29 is 9.53 Å². The summed E-state index contributed by atoms with van der Waals surface area (Å²) in [7, 11) is 1.54. The smallest absolute Gasteiger partial charge is 0.338 e. The highest BCUT2D eigenvalue weighted by Crippen LogP contribution is 2.67. The van der Waals surface area contributed by atoms with Crippen molar-refractivity contribution in [1.82, 2.24) is 0 Å². The predicted molar refractivity (Wildman–Crippen MR) is 142 cm³/mol. The third kappa shape index (κ3) is 3.04. The van der Waals surface area contributed by atoms with E-state index < -0.39 is 0 Å². The van der Waals surface area contributed by atoms with Crippen LogP contribution in [0, 0.1) is 16.7 Å². The number of methoxy groups -OCH3 is 1. The molecular weight excluding hydrogens is 428 g/mol. The number of carbonyl (C=O) groups excluding carboxylic acids is 1. The van der Waals surface area contributed by atoms with Gasteiger partial charge in [0.1, 0.15) is 0 Å². The number of esters is 1. The molecule has 0 amide bonds. The molecule has 35 heavy (non-hydrogen) atoms. The Balaban J connectivity index is 1.56. The van der Waals surface area contributed by atoms with Crippen molar-refractivity contribution in [2.45, 2.75) is 89.9 Å². The molecule has 0 heterocycles. The summed E-state index contributed by atoms with van der Waals surface area (Å²) in [5, 5.41) is 0. The molecular formula is C33H40O2. The third-order valence-electron chi connectivity index (χ3n) is 10.7. The molecule has 0 aromatic heterocycles. The van der Waals surface area contributed by atoms with E-state index in [0.717, 1.165) is 30.4 Å². The van der Waals surface area contributed by atoms with E-state index in [1.807, 2.05) is 0 Å². The molecule has 4 aliphatic carbocycles. The number of allylic oxidation sites excluding steroid dienone is 1. The molecule has 2 nitrogen and oxygen atoms in total. The fraction of sp³-hybridized carbons (Fsp3) is 0.545. The van der Waals surface area contributed by atoms with Crippen LogP contribution in [0.15, 0.2) is 54.1 Å². The topological polar surface area (TPSA) is 26.3 Å². The van der Waals surface area contributed by atoms with E-state index in [1.54, 1.807) is 18.2 Å². The van der Waals surface area contributed by atoms with Crippen molar-refractivity contribution >= 4 is 11.5 Å². The molecule has 2 aromatic carbocycles. The van der Waals surface area contributed by atoms with Gasteiger partial charge in [-0.3, -0.25) is 0 Å². The number of ether oxygens (including phenoxy) is 1. The van der Waals surface area contributed by atoms with Gasteiger partial charge in [-0.15, -0.1) is 0 Å². The molecule has 0 bridgehead atoms. The summed E-state index contributed by atoms with van der Waals surface area (Å²) < 4.78 is 5.45. The average molecular weight is 469 g/mol. The molecule has 2 fully saturated rings. The summed E-state index contributed by atoms with van der Waals surface area (Å²) in [6.07, 6.45) is 9.63. The highest BCUT2D eigenvalue weighted by atomic mass is 16.5. The van der Waals surface area contributed by atoms with Crippen LogP contribution >= 0.6 is 0 Å². The van der Waals surface area contributed by atoms with E-state index in [0.29, 0.717) is 11.3 Å². The molecule has 2 aromatic rings. The summed E-state index contributed by atoms with van der Waals surface area (Å²) in [5.74, 6) is 0.492.